The standard InChI is InChI=1S/C21H19ClN2O3S/c1-14(25)23-19(15-5-3-2-4-6-15)11-20(26)27-12-18-13-28-21(24-18)16-7-9-17(22)10-8-16/h2-10,13,19H,11-12H2,1H3,(H,23,25)/t19-/m0/s1. The molecule has 7 heteroatoms. The van der Waals surface area contributed by atoms with Crippen molar-refractivity contribution in [3.05, 3.63) is 76.3 Å². The number of halogens is 1. The first-order valence-corrected chi connectivity index (χ1v) is 9.95. The highest BCUT2D eigenvalue weighted by molar-refractivity contribution is 7.13. The van der Waals surface area contributed by atoms with E-state index in [0.717, 1.165) is 16.1 Å². The second-order valence-corrected chi connectivity index (χ2v) is 7.47. The van der Waals surface area contributed by atoms with Crippen molar-refractivity contribution in [2.45, 2.75) is 26.0 Å². The fraction of sp³-hybridized carbons (Fsp3) is 0.190. The summed E-state index contributed by atoms with van der Waals surface area (Å²) in [5, 5.41) is 6.16. The van der Waals surface area contributed by atoms with Gasteiger partial charge in [-0.1, -0.05) is 54.1 Å². The topological polar surface area (TPSA) is 68.3 Å². The molecule has 1 atom stereocenters. The van der Waals surface area contributed by atoms with Crippen LogP contribution in [0.4, 0.5) is 0 Å². The lowest BCUT2D eigenvalue weighted by Crippen LogP contribution is -2.28. The Labute approximate surface area is 172 Å². The molecule has 3 aromatic rings. The van der Waals surface area contributed by atoms with E-state index in [9.17, 15) is 9.59 Å². The van der Waals surface area contributed by atoms with Gasteiger partial charge in [0.05, 0.1) is 18.2 Å². The minimum atomic E-state index is -0.425. The maximum atomic E-state index is 12.3. The van der Waals surface area contributed by atoms with Crippen LogP contribution >= 0.6 is 22.9 Å². The van der Waals surface area contributed by atoms with Crippen LogP contribution in [0.1, 0.15) is 30.6 Å². The number of hydrogen-bond donors (Lipinski definition) is 1. The third kappa shape index (κ3) is 5.65. The van der Waals surface area contributed by atoms with Gasteiger partial charge in [-0.2, -0.15) is 0 Å². The fourth-order valence-electron chi connectivity index (χ4n) is 2.66. The van der Waals surface area contributed by atoms with Crippen LogP contribution in [0, 0.1) is 0 Å². The van der Waals surface area contributed by atoms with E-state index in [-0.39, 0.29) is 18.9 Å². The number of benzene rings is 2. The maximum absolute atomic E-state index is 12.3. The molecule has 28 heavy (non-hydrogen) atoms. The average Bonchev–Trinajstić information content (AvgIpc) is 3.16. The fourth-order valence-corrected chi connectivity index (χ4v) is 3.60. The molecular weight excluding hydrogens is 396 g/mol. The maximum Gasteiger partial charge on any atom is 0.308 e. The van der Waals surface area contributed by atoms with Gasteiger partial charge < -0.3 is 10.1 Å². The Morgan fingerprint density at radius 2 is 1.86 bits per heavy atom. The molecule has 0 aliphatic carbocycles. The lowest BCUT2D eigenvalue weighted by molar-refractivity contribution is -0.145. The van der Waals surface area contributed by atoms with Gasteiger partial charge in [0.2, 0.25) is 5.91 Å². The third-order valence-corrected chi connectivity index (χ3v) is 5.17. The normalized spacial score (nSPS) is 11.6. The van der Waals surface area contributed by atoms with Gasteiger partial charge in [0.15, 0.2) is 0 Å². The number of nitrogens with zero attached hydrogens (tertiary/aromatic N) is 1. The van der Waals surface area contributed by atoms with Crippen LogP contribution in [0.15, 0.2) is 60.0 Å². The van der Waals surface area contributed by atoms with E-state index in [4.69, 9.17) is 16.3 Å². The Balaban J connectivity index is 1.58. The number of hydrogen-bond acceptors (Lipinski definition) is 5. The third-order valence-electron chi connectivity index (χ3n) is 3.97. The summed E-state index contributed by atoms with van der Waals surface area (Å²) in [5.41, 5.74) is 2.49. The minimum absolute atomic E-state index is 0.0533. The summed E-state index contributed by atoms with van der Waals surface area (Å²) in [6.45, 7) is 1.51. The van der Waals surface area contributed by atoms with E-state index in [0.29, 0.717) is 10.7 Å². The van der Waals surface area contributed by atoms with Crippen molar-refractivity contribution in [2.75, 3.05) is 0 Å². The van der Waals surface area contributed by atoms with Crippen molar-refractivity contribution in [3.63, 3.8) is 0 Å². The van der Waals surface area contributed by atoms with Crippen molar-refractivity contribution >= 4 is 34.8 Å². The first-order valence-electron chi connectivity index (χ1n) is 8.69. The van der Waals surface area contributed by atoms with E-state index in [1.807, 2.05) is 60.0 Å². The van der Waals surface area contributed by atoms with Crippen molar-refractivity contribution in [2.24, 2.45) is 0 Å². The molecule has 0 fully saturated rings. The van der Waals surface area contributed by atoms with Gasteiger partial charge in [-0.15, -0.1) is 11.3 Å². The van der Waals surface area contributed by atoms with Crippen LogP contribution in [0.5, 0.6) is 0 Å². The zero-order valence-electron chi connectivity index (χ0n) is 15.2. The average molecular weight is 415 g/mol. The Kier molecular flexibility index (Phi) is 6.79. The van der Waals surface area contributed by atoms with Crippen LogP contribution in [0.3, 0.4) is 0 Å². The molecule has 1 amide bonds. The Bertz CT molecular complexity index is 942. The molecule has 0 aliphatic heterocycles. The smallest absolute Gasteiger partial charge is 0.308 e. The summed E-state index contributed by atoms with van der Waals surface area (Å²) in [5.74, 6) is -0.600. The van der Waals surface area contributed by atoms with Crippen LogP contribution in [0.2, 0.25) is 5.02 Å². The van der Waals surface area contributed by atoms with Crippen molar-refractivity contribution in [1.29, 1.82) is 0 Å². The summed E-state index contributed by atoms with van der Waals surface area (Å²) >= 11 is 7.38. The number of rotatable bonds is 7. The Morgan fingerprint density at radius 3 is 2.54 bits per heavy atom. The highest BCUT2D eigenvalue weighted by atomic mass is 35.5. The quantitative estimate of drug-likeness (QED) is 0.565. The molecule has 0 saturated carbocycles. The molecule has 1 heterocycles. The van der Waals surface area contributed by atoms with Crippen molar-refractivity contribution in [1.82, 2.24) is 10.3 Å². The summed E-state index contributed by atoms with van der Waals surface area (Å²) in [6.07, 6.45) is 0.0533. The zero-order valence-corrected chi connectivity index (χ0v) is 16.8. The largest absolute Gasteiger partial charge is 0.459 e. The van der Waals surface area contributed by atoms with Crippen LogP contribution in [-0.4, -0.2) is 16.9 Å². The number of ether oxygens (including phenoxy) is 1. The van der Waals surface area contributed by atoms with E-state index < -0.39 is 12.0 Å². The Hall–Kier alpha value is -2.70. The molecule has 0 spiro atoms. The first-order chi connectivity index (χ1) is 13.5. The molecule has 5 nitrogen and oxygen atoms in total. The van der Waals surface area contributed by atoms with E-state index in [1.165, 1.54) is 18.3 Å². The summed E-state index contributed by atoms with van der Waals surface area (Å²) < 4.78 is 5.36. The lowest BCUT2D eigenvalue weighted by Gasteiger charge is -2.17. The predicted molar refractivity (Wildman–Crippen MR) is 110 cm³/mol. The van der Waals surface area contributed by atoms with Gasteiger partial charge in [-0.3, -0.25) is 9.59 Å². The molecule has 2 aromatic carbocycles. The number of carbonyl (C=O) groups excluding carboxylic acids is 2. The molecule has 0 saturated heterocycles. The van der Waals surface area contributed by atoms with Gasteiger partial charge >= 0.3 is 5.97 Å². The van der Waals surface area contributed by atoms with Crippen LogP contribution in [0.25, 0.3) is 10.6 Å². The summed E-state index contributed by atoms with van der Waals surface area (Å²) in [6, 6.07) is 16.3. The van der Waals surface area contributed by atoms with E-state index in [1.54, 1.807) is 0 Å². The summed E-state index contributed by atoms with van der Waals surface area (Å²) in [7, 11) is 0. The highest BCUT2D eigenvalue weighted by Crippen LogP contribution is 2.25. The first kappa shape index (κ1) is 20.0. The van der Waals surface area contributed by atoms with Crippen LogP contribution < -0.4 is 5.32 Å². The Morgan fingerprint density at radius 1 is 1.14 bits per heavy atom. The molecule has 0 unspecified atom stereocenters. The number of aromatic nitrogens is 1. The van der Waals surface area contributed by atoms with Crippen LogP contribution in [-0.2, 0) is 20.9 Å². The lowest BCUT2D eigenvalue weighted by atomic mass is 10.0. The molecule has 1 aromatic heterocycles. The van der Waals surface area contributed by atoms with Crippen molar-refractivity contribution < 1.29 is 14.3 Å². The highest BCUT2D eigenvalue weighted by Gasteiger charge is 2.18. The van der Waals surface area contributed by atoms with Gasteiger partial charge in [-0.05, 0) is 17.7 Å². The van der Waals surface area contributed by atoms with Gasteiger partial charge in [0.25, 0.3) is 0 Å². The number of carbonyl (C=O) groups is 2. The van der Waals surface area contributed by atoms with Crippen molar-refractivity contribution in [3.8, 4) is 10.6 Å². The predicted octanol–water partition coefficient (Wildman–Crippen LogP) is 4.77. The summed E-state index contributed by atoms with van der Waals surface area (Å²) in [4.78, 5) is 28.2. The number of esters is 1. The van der Waals surface area contributed by atoms with E-state index in [2.05, 4.69) is 10.3 Å². The zero-order chi connectivity index (χ0) is 19.9. The molecule has 0 bridgehead atoms. The molecule has 1 N–H and O–H groups in total. The molecule has 0 aliphatic rings. The molecule has 144 valence electrons. The second-order valence-electron chi connectivity index (χ2n) is 6.18. The number of thiazole rings is 1. The molecule has 0 radical (unpaired) electrons. The van der Waals surface area contributed by atoms with E-state index >= 15 is 0 Å². The second kappa shape index (κ2) is 9.48. The molecular formula is C21H19ClN2O3S. The van der Waals surface area contributed by atoms with Gasteiger partial charge in [-0.25, -0.2) is 4.98 Å². The SMILES string of the molecule is CC(=O)N[C@@H](CC(=O)OCc1csc(-c2ccc(Cl)cc2)n1)c1ccccc1. The minimum Gasteiger partial charge on any atom is -0.459 e. The monoisotopic (exact) mass is 414 g/mol. The molecule has 3 rings (SSSR count). The number of nitrogens with one attached hydrogen (secondary N) is 1. The van der Waals surface area contributed by atoms with Gasteiger partial charge in [0.1, 0.15) is 11.6 Å². The van der Waals surface area contributed by atoms with Gasteiger partial charge in [0, 0.05) is 22.9 Å². The number of amides is 1.